The van der Waals surface area contributed by atoms with Crippen LogP contribution in [0.4, 0.5) is 10.1 Å². The summed E-state index contributed by atoms with van der Waals surface area (Å²) in [6.07, 6.45) is -0.450. The van der Waals surface area contributed by atoms with Crippen LogP contribution in [0.3, 0.4) is 0 Å². The maximum Gasteiger partial charge on any atom is 0.361 e. The Morgan fingerprint density at radius 2 is 1.79 bits per heavy atom. The van der Waals surface area contributed by atoms with Gasteiger partial charge in [-0.25, -0.2) is 9.18 Å². The Hall–Kier alpha value is -2.70. The van der Waals surface area contributed by atoms with Gasteiger partial charge in [0.25, 0.3) is 0 Å². The maximum absolute atomic E-state index is 14.8. The fraction of sp³-hybridized carbons (Fsp3) is 0.174. The van der Waals surface area contributed by atoms with Gasteiger partial charge in [-0.2, -0.15) is 0 Å². The highest BCUT2D eigenvalue weighted by Crippen LogP contribution is 2.35. The largest absolute Gasteiger partial charge is 0.465 e. The van der Waals surface area contributed by atoms with E-state index in [9.17, 15) is 9.18 Å². The SMILES string of the molecule is COC(=O)C[NH+]1[C@H](c2ccccc2)c2cc(Br)ccc2N[C@@H]1c1ccccc1F. The molecule has 3 aromatic carbocycles. The molecule has 0 bridgehead atoms. The first kappa shape index (κ1) is 19.6. The third-order valence-corrected chi connectivity index (χ3v) is 5.78. The van der Waals surface area contributed by atoms with Gasteiger partial charge < -0.3 is 10.1 Å². The van der Waals surface area contributed by atoms with E-state index in [0.29, 0.717) is 5.56 Å². The van der Waals surface area contributed by atoms with Crippen LogP contribution in [0.1, 0.15) is 28.9 Å². The van der Waals surface area contributed by atoms with Gasteiger partial charge in [-0.05, 0) is 30.3 Å². The van der Waals surface area contributed by atoms with Crippen molar-refractivity contribution >= 4 is 27.6 Å². The molecule has 0 aliphatic carbocycles. The standard InChI is InChI=1S/C23H20BrFN2O2/c1-29-21(28)14-27-22(15-7-3-2-4-8-15)18-13-16(24)11-12-20(18)26-23(27)17-9-5-6-10-19(17)25/h2-13,22-23,26H,14H2,1H3/p+1/t22-,23+/m1/s1. The predicted octanol–water partition coefficient (Wildman–Crippen LogP) is 3.86. The number of hydrogen-bond acceptors (Lipinski definition) is 3. The molecule has 0 saturated carbocycles. The number of halogens is 2. The third kappa shape index (κ3) is 3.91. The van der Waals surface area contributed by atoms with Crippen LogP contribution in [-0.4, -0.2) is 19.6 Å². The second-order valence-corrected chi connectivity index (χ2v) is 7.92. The molecule has 3 atom stereocenters. The number of ether oxygens (including phenoxy) is 1. The van der Waals surface area contributed by atoms with Crippen LogP contribution in [0, 0.1) is 5.82 Å². The van der Waals surface area contributed by atoms with Crippen LogP contribution in [0.25, 0.3) is 0 Å². The predicted molar refractivity (Wildman–Crippen MR) is 113 cm³/mol. The maximum atomic E-state index is 14.8. The van der Waals surface area contributed by atoms with Gasteiger partial charge in [-0.15, -0.1) is 0 Å². The minimum absolute atomic E-state index is 0.0913. The quantitative estimate of drug-likeness (QED) is 0.587. The van der Waals surface area contributed by atoms with Crippen LogP contribution in [0.5, 0.6) is 0 Å². The van der Waals surface area contributed by atoms with Gasteiger partial charge in [0.05, 0.1) is 12.7 Å². The van der Waals surface area contributed by atoms with Crippen LogP contribution in [-0.2, 0) is 9.53 Å². The Labute approximate surface area is 177 Å². The van der Waals surface area contributed by atoms with Crippen LogP contribution in [0.15, 0.2) is 77.3 Å². The molecule has 0 spiro atoms. The number of nitrogens with one attached hydrogen (secondary N) is 2. The van der Waals surface area contributed by atoms with Gasteiger partial charge in [0.1, 0.15) is 11.9 Å². The normalized spacial score (nSPS) is 20.4. The number of esters is 1. The molecule has 0 fully saturated rings. The van der Waals surface area contributed by atoms with Crippen molar-refractivity contribution in [1.82, 2.24) is 0 Å². The second-order valence-electron chi connectivity index (χ2n) is 7.00. The van der Waals surface area contributed by atoms with Gasteiger partial charge in [0.2, 0.25) is 0 Å². The number of methoxy groups -OCH3 is 1. The topological polar surface area (TPSA) is 42.8 Å². The molecule has 1 aliphatic heterocycles. The summed E-state index contributed by atoms with van der Waals surface area (Å²) in [7, 11) is 1.37. The number of carbonyl (C=O) groups is 1. The Morgan fingerprint density at radius 1 is 1.07 bits per heavy atom. The minimum Gasteiger partial charge on any atom is -0.465 e. The summed E-state index contributed by atoms with van der Waals surface area (Å²) < 4.78 is 20.7. The molecule has 0 saturated heterocycles. The van der Waals surface area contributed by atoms with Crippen LogP contribution >= 0.6 is 15.9 Å². The second kappa shape index (κ2) is 8.35. The Morgan fingerprint density at radius 3 is 2.52 bits per heavy atom. The highest BCUT2D eigenvalue weighted by atomic mass is 79.9. The summed E-state index contributed by atoms with van der Waals surface area (Å²) >= 11 is 3.56. The molecule has 0 amide bonds. The lowest BCUT2D eigenvalue weighted by atomic mass is 9.91. The summed E-state index contributed by atoms with van der Waals surface area (Å²) in [5, 5.41) is 3.45. The number of benzene rings is 3. The first-order valence-corrected chi connectivity index (χ1v) is 10.2. The number of anilines is 1. The number of fused-ring (bicyclic) bond motifs is 1. The van der Waals surface area contributed by atoms with Gasteiger partial charge in [-0.1, -0.05) is 58.4 Å². The minimum atomic E-state index is -0.450. The van der Waals surface area contributed by atoms with Crippen LogP contribution < -0.4 is 10.2 Å². The average molecular weight is 456 g/mol. The third-order valence-electron chi connectivity index (χ3n) is 5.29. The lowest BCUT2D eigenvalue weighted by Crippen LogP contribution is -3.15. The summed E-state index contributed by atoms with van der Waals surface area (Å²) in [5.74, 6) is -0.651. The van der Waals surface area contributed by atoms with E-state index in [1.165, 1.54) is 13.2 Å². The van der Waals surface area contributed by atoms with Crippen molar-refractivity contribution in [1.29, 1.82) is 0 Å². The van der Waals surface area contributed by atoms with Crippen molar-refractivity contribution < 1.29 is 18.8 Å². The monoisotopic (exact) mass is 455 g/mol. The molecule has 1 heterocycles. The highest BCUT2D eigenvalue weighted by Gasteiger charge is 2.42. The molecular formula is C23H21BrFN2O2+. The number of hydrogen-bond donors (Lipinski definition) is 2. The van der Waals surface area contributed by atoms with E-state index in [1.807, 2.05) is 48.5 Å². The van der Waals surface area contributed by atoms with E-state index in [1.54, 1.807) is 12.1 Å². The van der Waals surface area contributed by atoms with Crippen molar-refractivity contribution in [3.63, 3.8) is 0 Å². The summed E-state index contributed by atoms with van der Waals surface area (Å²) in [5.41, 5.74) is 3.52. The number of rotatable bonds is 4. The molecule has 0 aromatic heterocycles. The molecule has 0 radical (unpaired) electrons. The zero-order chi connectivity index (χ0) is 20.4. The zero-order valence-electron chi connectivity index (χ0n) is 15.9. The van der Waals surface area contributed by atoms with Crippen molar-refractivity contribution in [3.8, 4) is 0 Å². The molecule has 1 aliphatic rings. The molecule has 29 heavy (non-hydrogen) atoms. The van der Waals surface area contributed by atoms with E-state index in [2.05, 4.69) is 27.3 Å². The summed E-state index contributed by atoms with van der Waals surface area (Å²) in [6, 6.07) is 22.5. The lowest BCUT2D eigenvalue weighted by Gasteiger charge is -2.41. The van der Waals surface area contributed by atoms with E-state index >= 15 is 0 Å². The first-order valence-electron chi connectivity index (χ1n) is 9.36. The van der Waals surface area contributed by atoms with E-state index < -0.39 is 6.17 Å². The molecule has 2 N–H and O–H groups in total. The number of carbonyl (C=O) groups excluding carboxylic acids is 1. The Bertz CT molecular complexity index is 1030. The fourth-order valence-electron chi connectivity index (χ4n) is 3.99. The summed E-state index contributed by atoms with van der Waals surface area (Å²) in [4.78, 5) is 13.2. The zero-order valence-corrected chi connectivity index (χ0v) is 17.4. The van der Waals surface area contributed by atoms with Crippen molar-refractivity contribution in [3.05, 3.63) is 99.8 Å². The van der Waals surface area contributed by atoms with Crippen molar-refractivity contribution in [2.24, 2.45) is 0 Å². The highest BCUT2D eigenvalue weighted by molar-refractivity contribution is 9.10. The molecule has 4 nitrogen and oxygen atoms in total. The van der Waals surface area contributed by atoms with E-state index in [0.717, 1.165) is 26.2 Å². The van der Waals surface area contributed by atoms with Crippen molar-refractivity contribution in [2.45, 2.75) is 12.2 Å². The van der Waals surface area contributed by atoms with Gasteiger partial charge in [0, 0.05) is 21.3 Å². The fourth-order valence-corrected chi connectivity index (χ4v) is 4.37. The molecule has 6 heteroatoms. The van der Waals surface area contributed by atoms with Gasteiger partial charge in [0.15, 0.2) is 12.7 Å². The van der Waals surface area contributed by atoms with Crippen molar-refractivity contribution in [2.75, 3.05) is 19.0 Å². The lowest BCUT2D eigenvalue weighted by molar-refractivity contribution is -0.947. The average Bonchev–Trinajstić information content (AvgIpc) is 2.74. The van der Waals surface area contributed by atoms with Gasteiger partial charge >= 0.3 is 5.97 Å². The molecule has 3 aromatic rings. The summed E-state index contributed by atoms with van der Waals surface area (Å²) in [6.45, 7) is 0.0913. The van der Waals surface area contributed by atoms with Crippen LogP contribution in [0.2, 0.25) is 0 Å². The molecule has 1 unspecified atom stereocenters. The molecular weight excluding hydrogens is 435 g/mol. The molecule has 148 valence electrons. The Kier molecular flexibility index (Phi) is 5.65. The molecule has 4 rings (SSSR count). The smallest absolute Gasteiger partial charge is 0.361 e. The van der Waals surface area contributed by atoms with Gasteiger partial charge in [-0.3, -0.25) is 4.90 Å². The number of quaternary nitrogens is 1. The first-order chi connectivity index (χ1) is 14.1. The Balaban J connectivity index is 1.91. The van der Waals surface area contributed by atoms with E-state index in [-0.39, 0.29) is 24.4 Å². The van der Waals surface area contributed by atoms with E-state index in [4.69, 9.17) is 4.74 Å².